The number of benzene rings is 2. The van der Waals surface area contributed by atoms with Gasteiger partial charge in [-0.15, -0.1) is 11.3 Å². The van der Waals surface area contributed by atoms with Crippen LogP contribution >= 0.6 is 11.3 Å². The van der Waals surface area contributed by atoms with Crippen LogP contribution in [0.1, 0.15) is 4.88 Å². The summed E-state index contributed by atoms with van der Waals surface area (Å²) in [5.74, 6) is 0. The van der Waals surface area contributed by atoms with Gasteiger partial charge in [-0.25, -0.2) is 0 Å². The van der Waals surface area contributed by atoms with Gasteiger partial charge in [-0.2, -0.15) is 0 Å². The minimum absolute atomic E-state index is 0.623. The minimum atomic E-state index is 0.623. The summed E-state index contributed by atoms with van der Waals surface area (Å²) >= 11 is 1.72. The van der Waals surface area contributed by atoms with Gasteiger partial charge in [-0.05, 0) is 39.4 Å². The van der Waals surface area contributed by atoms with Gasteiger partial charge in [0.15, 0.2) is 0 Å². The first-order valence-electron chi connectivity index (χ1n) is 5.63. The summed E-state index contributed by atoms with van der Waals surface area (Å²) in [5, 5.41) is 4.74. The molecule has 3 rings (SSSR count). The van der Waals surface area contributed by atoms with Gasteiger partial charge in [0, 0.05) is 11.4 Å². The fourth-order valence-corrected chi connectivity index (χ4v) is 2.78. The lowest BCUT2D eigenvalue weighted by molar-refractivity contribution is 1.11. The van der Waals surface area contributed by atoms with Gasteiger partial charge in [0.2, 0.25) is 0 Å². The van der Waals surface area contributed by atoms with E-state index in [4.69, 9.17) is 5.73 Å². The Labute approximate surface area is 105 Å². The molecule has 0 unspecified atom stereocenters. The molecule has 1 heterocycles. The minimum Gasteiger partial charge on any atom is -0.326 e. The fourth-order valence-electron chi connectivity index (χ4n) is 2.01. The summed E-state index contributed by atoms with van der Waals surface area (Å²) in [4.78, 5) is 1.23. The Hall–Kier alpha value is -1.64. The molecule has 0 bridgehead atoms. The number of hydrogen-bond acceptors (Lipinski definition) is 2. The maximum Gasteiger partial charge on any atom is 0.0274 e. The Bertz CT molecular complexity index is 655. The molecular weight excluding hydrogens is 226 g/mol. The molecule has 0 amide bonds. The van der Waals surface area contributed by atoms with Crippen molar-refractivity contribution in [2.75, 3.05) is 0 Å². The maximum atomic E-state index is 5.64. The Balaban J connectivity index is 2.11. The first-order valence-corrected chi connectivity index (χ1v) is 6.51. The van der Waals surface area contributed by atoms with Crippen LogP contribution in [-0.4, -0.2) is 0 Å². The van der Waals surface area contributed by atoms with Crippen molar-refractivity contribution in [3.05, 3.63) is 58.8 Å². The lowest BCUT2D eigenvalue weighted by Crippen LogP contribution is -1.91. The Kier molecular flexibility index (Phi) is 2.67. The van der Waals surface area contributed by atoms with Gasteiger partial charge in [-0.1, -0.05) is 36.4 Å². The third-order valence-electron chi connectivity index (χ3n) is 2.94. The molecule has 0 aliphatic carbocycles. The topological polar surface area (TPSA) is 26.0 Å². The predicted octanol–water partition coefficient (Wildman–Crippen LogP) is 4.03. The van der Waals surface area contributed by atoms with E-state index in [2.05, 4.69) is 53.9 Å². The van der Waals surface area contributed by atoms with Crippen LogP contribution in [0.2, 0.25) is 0 Å². The van der Waals surface area contributed by atoms with Crippen molar-refractivity contribution in [2.45, 2.75) is 6.54 Å². The van der Waals surface area contributed by atoms with Gasteiger partial charge < -0.3 is 5.73 Å². The third kappa shape index (κ3) is 1.97. The van der Waals surface area contributed by atoms with Crippen molar-refractivity contribution >= 4 is 22.1 Å². The molecule has 2 aromatic carbocycles. The van der Waals surface area contributed by atoms with E-state index in [1.807, 2.05) is 0 Å². The number of fused-ring (bicyclic) bond motifs is 1. The molecule has 0 saturated heterocycles. The molecule has 2 heteroatoms. The van der Waals surface area contributed by atoms with E-state index in [9.17, 15) is 0 Å². The van der Waals surface area contributed by atoms with E-state index in [1.165, 1.54) is 26.8 Å². The van der Waals surface area contributed by atoms with Crippen molar-refractivity contribution in [3.8, 4) is 11.1 Å². The van der Waals surface area contributed by atoms with Gasteiger partial charge in [0.25, 0.3) is 0 Å². The monoisotopic (exact) mass is 239 g/mol. The lowest BCUT2D eigenvalue weighted by atomic mass is 10.0. The van der Waals surface area contributed by atoms with Gasteiger partial charge in [-0.3, -0.25) is 0 Å². The summed E-state index contributed by atoms with van der Waals surface area (Å²) in [5.41, 5.74) is 8.17. The van der Waals surface area contributed by atoms with Crippen LogP contribution < -0.4 is 5.73 Å². The SMILES string of the molecule is NCc1cc(-c2ccc3ccccc3c2)cs1. The summed E-state index contributed by atoms with van der Waals surface area (Å²) in [7, 11) is 0. The van der Waals surface area contributed by atoms with Crippen molar-refractivity contribution in [1.82, 2.24) is 0 Å². The van der Waals surface area contributed by atoms with Crippen molar-refractivity contribution < 1.29 is 0 Å². The highest BCUT2D eigenvalue weighted by atomic mass is 32.1. The molecule has 0 aliphatic heterocycles. The zero-order valence-electron chi connectivity index (χ0n) is 9.39. The zero-order chi connectivity index (χ0) is 11.7. The first-order chi connectivity index (χ1) is 8.36. The Morgan fingerprint density at radius 3 is 2.47 bits per heavy atom. The van der Waals surface area contributed by atoms with Crippen molar-refractivity contribution in [2.24, 2.45) is 5.73 Å². The van der Waals surface area contributed by atoms with Crippen molar-refractivity contribution in [1.29, 1.82) is 0 Å². The second kappa shape index (κ2) is 4.32. The lowest BCUT2D eigenvalue weighted by Gasteiger charge is -2.01. The van der Waals surface area contributed by atoms with Gasteiger partial charge in [0.05, 0.1) is 0 Å². The quantitative estimate of drug-likeness (QED) is 0.718. The zero-order valence-corrected chi connectivity index (χ0v) is 10.2. The predicted molar refractivity (Wildman–Crippen MR) is 75.2 cm³/mol. The molecule has 3 aromatic rings. The Morgan fingerprint density at radius 2 is 1.71 bits per heavy atom. The molecule has 0 saturated carbocycles. The van der Waals surface area contributed by atoms with Crippen LogP contribution in [0.3, 0.4) is 0 Å². The molecule has 1 aromatic heterocycles. The number of nitrogens with two attached hydrogens (primary N) is 1. The maximum absolute atomic E-state index is 5.64. The molecule has 0 radical (unpaired) electrons. The van der Waals surface area contributed by atoms with Crippen LogP contribution in [0.25, 0.3) is 21.9 Å². The van der Waals surface area contributed by atoms with Crippen molar-refractivity contribution in [3.63, 3.8) is 0 Å². The average molecular weight is 239 g/mol. The standard InChI is InChI=1S/C15H13NS/c16-9-15-8-14(10-17-15)13-6-5-11-3-1-2-4-12(11)7-13/h1-8,10H,9,16H2. The molecule has 84 valence electrons. The van der Waals surface area contributed by atoms with E-state index < -0.39 is 0 Å². The largest absolute Gasteiger partial charge is 0.326 e. The molecule has 2 N–H and O–H groups in total. The van der Waals surface area contributed by atoms with E-state index >= 15 is 0 Å². The fraction of sp³-hybridized carbons (Fsp3) is 0.0667. The molecule has 0 atom stereocenters. The first kappa shape index (κ1) is 10.5. The number of thiophene rings is 1. The summed E-state index contributed by atoms with van der Waals surface area (Å²) in [6.07, 6.45) is 0. The third-order valence-corrected chi connectivity index (χ3v) is 3.90. The van der Waals surface area contributed by atoms with Gasteiger partial charge in [0.1, 0.15) is 0 Å². The highest BCUT2D eigenvalue weighted by molar-refractivity contribution is 7.10. The molecule has 0 aliphatic rings. The molecule has 1 nitrogen and oxygen atoms in total. The van der Waals surface area contributed by atoms with Crippen LogP contribution in [0, 0.1) is 0 Å². The van der Waals surface area contributed by atoms with Crippen LogP contribution in [0.4, 0.5) is 0 Å². The smallest absolute Gasteiger partial charge is 0.0274 e. The number of hydrogen-bond donors (Lipinski definition) is 1. The second-order valence-corrected chi connectivity index (χ2v) is 5.06. The second-order valence-electron chi connectivity index (χ2n) is 4.07. The summed E-state index contributed by atoms with van der Waals surface area (Å²) in [6.45, 7) is 0.623. The summed E-state index contributed by atoms with van der Waals surface area (Å²) in [6, 6.07) is 17.2. The highest BCUT2D eigenvalue weighted by Gasteiger charge is 2.02. The van der Waals surface area contributed by atoms with Crippen LogP contribution in [0.15, 0.2) is 53.9 Å². The Morgan fingerprint density at radius 1 is 0.882 bits per heavy atom. The normalized spacial score (nSPS) is 10.9. The molecule has 0 fully saturated rings. The summed E-state index contributed by atoms with van der Waals surface area (Å²) < 4.78 is 0. The van der Waals surface area contributed by atoms with E-state index in [0.29, 0.717) is 6.54 Å². The van der Waals surface area contributed by atoms with Crippen LogP contribution in [-0.2, 0) is 6.54 Å². The van der Waals surface area contributed by atoms with Crippen LogP contribution in [0.5, 0.6) is 0 Å². The molecular formula is C15H13NS. The van der Waals surface area contributed by atoms with E-state index in [0.717, 1.165) is 0 Å². The average Bonchev–Trinajstić information content (AvgIpc) is 2.87. The van der Waals surface area contributed by atoms with E-state index in [-0.39, 0.29) is 0 Å². The van der Waals surface area contributed by atoms with E-state index in [1.54, 1.807) is 11.3 Å². The number of rotatable bonds is 2. The highest BCUT2D eigenvalue weighted by Crippen LogP contribution is 2.28. The molecule has 17 heavy (non-hydrogen) atoms. The van der Waals surface area contributed by atoms with Gasteiger partial charge >= 0.3 is 0 Å². The molecule has 0 spiro atoms.